The van der Waals surface area contributed by atoms with E-state index in [0.29, 0.717) is 18.0 Å². The summed E-state index contributed by atoms with van der Waals surface area (Å²) in [5, 5.41) is 9.45. The van der Waals surface area contributed by atoms with Gasteiger partial charge in [-0.15, -0.1) is 0 Å². The van der Waals surface area contributed by atoms with Crippen molar-refractivity contribution in [3.8, 4) is 0 Å². The van der Waals surface area contributed by atoms with Crippen LogP contribution in [0, 0.1) is 5.92 Å². The summed E-state index contributed by atoms with van der Waals surface area (Å²) in [5.74, 6) is 0.593. The first kappa shape index (κ1) is 12.6. The molecule has 0 aliphatic carbocycles. The van der Waals surface area contributed by atoms with Gasteiger partial charge in [0.25, 0.3) is 0 Å². The lowest BCUT2D eigenvalue weighted by Crippen LogP contribution is -2.35. The predicted octanol–water partition coefficient (Wildman–Crippen LogP) is 1.67. The first-order chi connectivity index (χ1) is 8.13. The smallest absolute Gasteiger partial charge is 0.0951 e. The molecule has 1 N–H and O–H groups in total. The molecule has 1 saturated heterocycles. The fraction of sp³-hybridized carbons (Fsp3) is 0.769. The van der Waals surface area contributed by atoms with Crippen molar-refractivity contribution >= 4 is 0 Å². The van der Waals surface area contributed by atoms with E-state index in [2.05, 4.69) is 35.2 Å². The van der Waals surface area contributed by atoms with Crippen LogP contribution >= 0.6 is 0 Å². The van der Waals surface area contributed by atoms with Crippen LogP contribution in [-0.2, 0) is 6.54 Å². The van der Waals surface area contributed by atoms with Gasteiger partial charge in [-0.2, -0.15) is 0 Å². The second kappa shape index (κ2) is 5.19. The van der Waals surface area contributed by atoms with Crippen LogP contribution in [0.3, 0.4) is 0 Å². The van der Waals surface area contributed by atoms with Crippen molar-refractivity contribution in [3.63, 3.8) is 0 Å². The summed E-state index contributed by atoms with van der Waals surface area (Å²) in [4.78, 5) is 6.60. The third-order valence-electron chi connectivity index (χ3n) is 3.85. The molecule has 1 fully saturated rings. The number of aromatic nitrogens is 2. The molecular weight excluding hydrogens is 214 g/mol. The van der Waals surface area contributed by atoms with E-state index in [4.69, 9.17) is 0 Å². The number of hydrogen-bond acceptors (Lipinski definition) is 3. The molecule has 1 aromatic rings. The average Bonchev–Trinajstić information content (AvgIpc) is 2.86. The molecule has 0 amide bonds. The number of rotatable bonds is 4. The van der Waals surface area contributed by atoms with Crippen LogP contribution in [0.15, 0.2) is 12.5 Å². The van der Waals surface area contributed by atoms with Gasteiger partial charge in [-0.1, -0.05) is 6.92 Å². The van der Waals surface area contributed by atoms with Crippen molar-refractivity contribution in [1.29, 1.82) is 0 Å². The molecule has 4 nitrogen and oxygen atoms in total. The molecule has 0 aromatic carbocycles. The number of aliphatic hydroxyl groups is 1. The van der Waals surface area contributed by atoms with Gasteiger partial charge in [0.05, 0.1) is 18.6 Å². The summed E-state index contributed by atoms with van der Waals surface area (Å²) < 4.78 is 2.21. The SMILES string of the molecule is CC1CCN(Cc2cncn2C(C)C)C1CO. The minimum absolute atomic E-state index is 0.261. The largest absolute Gasteiger partial charge is 0.395 e. The van der Waals surface area contributed by atoms with Crippen molar-refractivity contribution in [3.05, 3.63) is 18.2 Å². The van der Waals surface area contributed by atoms with Gasteiger partial charge in [0.1, 0.15) is 0 Å². The molecule has 1 aromatic heterocycles. The summed E-state index contributed by atoms with van der Waals surface area (Å²) >= 11 is 0. The van der Waals surface area contributed by atoms with Crippen LogP contribution in [0.25, 0.3) is 0 Å². The lowest BCUT2D eigenvalue weighted by Gasteiger charge is -2.25. The Morgan fingerprint density at radius 2 is 2.29 bits per heavy atom. The Morgan fingerprint density at radius 1 is 1.53 bits per heavy atom. The van der Waals surface area contributed by atoms with E-state index < -0.39 is 0 Å². The zero-order valence-electron chi connectivity index (χ0n) is 11.0. The van der Waals surface area contributed by atoms with Gasteiger partial charge >= 0.3 is 0 Å². The fourth-order valence-corrected chi connectivity index (χ4v) is 2.71. The van der Waals surface area contributed by atoms with Crippen molar-refractivity contribution in [1.82, 2.24) is 14.5 Å². The standard InChI is InChI=1S/C13H23N3O/c1-10(2)16-9-14-6-12(16)7-15-5-4-11(3)13(15)8-17/h6,9-11,13,17H,4-5,7-8H2,1-3H3. The van der Waals surface area contributed by atoms with E-state index in [0.717, 1.165) is 13.1 Å². The maximum atomic E-state index is 9.45. The molecule has 2 rings (SSSR count). The number of aliphatic hydroxyl groups excluding tert-OH is 1. The summed E-state index contributed by atoms with van der Waals surface area (Å²) in [6.45, 7) is 8.80. The van der Waals surface area contributed by atoms with Crippen LogP contribution < -0.4 is 0 Å². The van der Waals surface area contributed by atoms with Gasteiger partial charge in [0.2, 0.25) is 0 Å². The highest BCUT2D eigenvalue weighted by Gasteiger charge is 2.30. The Hall–Kier alpha value is -0.870. The zero-order chi connectivity index (χ0) is 12.4. The predicted molar refractivity (Wildman–Crippen MR) is 67.7 cm³/mol. The topological polar surface area (TPSA) is 41.3 Å². The Balaban J connectivity index is 2.08. The summed E-state index contributed by atoms with van der Waals surface area (Å²) in [5.41, 5.74) is 1.24. The molecule has 17 heavy (non-hydrogen) atoms. The molecule has 1 aliphatic rings. The van der Waals surface area contributed by atoms with E-state index in [1.165, 1.54) is 12.1 Å². The zero-order valence-corrected chi connectivity index (χ0v) is 11.0. The lowest BCUT2D eigenvalue weighted by molar-refractivity contribution is 0.132. The highest BCUT2D eigenvalue weighted by atomic mass is 16.3. The Morgan fingerprint density at radius 3 is 2.94 bits per heavy atom. The molecule has 0 radical (unpaired) electrons. The molecule has 2 atom stereocenters. The molecule has 2 unspecified atom stereocenters. The summed E-state index contributed by atoms with van der Waals surface area (Å²) in [6.07, 6.45) is 5.02. The molecule has 96 valence electrons. The van der Waals surface area contributed by atoms with Crippen LogP contribution in [0.1, 0.15) is 38.9 Å². The minimum atomic E-state index is 0.261. The second-order valence-electron chi connectivity index (χ2n) is 5.37. The van der Waals surface area contributed by atoms with E-state index >= 15 is 0 Å². The minimum Gasteiger partial charge on any atom is -0.395 e. The second-order valence-corrected chi connectivity index (χ2v) is 5.37. The van der Waals surface area contributed by atoms with Crippen molar-refractivity contribution in [2.24, 2.45) is 5.92 Å². The maximum absolute atomic E-state index is 9.45. The number of imidazole rings is 1. The molecule has 4 heteroatoms. The van der Waals surface area contributed by atoms with Crippen molar-refractivity contribution in [2.75, 3.05) is 13.2 Å². The molecule has 0 saturated carbocycles. The third kappa shape index (κ3) is 2.53. The average molecular weight is 237 g/mol. The third-order valence-corrected chi connectivity index (χ3v) is 3.85. The Kier molecular flexibility index (Phi) is 3.84. The highest BCUT2D eigenvalue weighted by molar-refractivity contribution is 5.01. The first-order valence-electron chi connectivity index (χ1n) is 6.49. The quantitative estimate of drug-likeness (QED) is 0.866. The van der Waals surface area contributed by atoms with Crippen LogP contribution in [0.2, 0.25) is 0 Å². The summed E-state index contributed by atoms with van der Waals surface area (Å²) in [6, 6.07) is 0.755. The van der Waals surface area contributed by atoms with E-state index in [9.17, 15) is 5.11 Å². The van der Waals surface area contributed by atoms with Crippen molar-refractivity contribution < 1.29 is 5.11 Å². The Bertz CT molecular complexity index is 361. The van der Waals surface area contributed by atoms with E-state index in [1.54, 1.807) is 0 Å². The maximum Gasteiger partial charge on any atom is 0.0951 e. The molecule has 0 spiro atoms. The van der Waals surface area contributed by atoms with Gasteiger partial charge in [0.15, 0.2) is 0 Å². The number of likely N-dealkylation sites (tertiary alicyclic amines) is 1. The van der Waals surface area contributed by atoms with Gasteiger partial charge < -0.3 is 9.67 Å². The molecular formula is C13H23N3O. The fourth-order valence-electron chi connectivity index (χ4n) is 2.71. The molecule has 0 bridgehead atoms. The van der Waals surface area contributed by atoms with Crippen LogP contribution in [0.4, 0.5) is 0 Å². The van der Waals surface area contributed by atoms with E-state index in [-0.39, 0.29) is 6.61 Å². The van der Waals surface area contributed by atoms with Gasteiger partial charge in [-0.25, -0.2) is 4.98 Å². The van der Waals surface area contributed by atoms with E-state index in [1.807, 2.05) is 12.5 Å². The molecule has 1 aliphatic heterocycles. The number of hydrogen-bond donors (Lipinski definition) is 1. The van der Waals surface area contributed by atoms with Crippen LogP contribution in [-0.4, -0.2) is 38.8 Å². The Labute approximate surface area is 103 Å². The van der Waals surface area contributed by atoms with Gasteiger partial charge in [-0.3, -0.25) is 4.90 Å². The highest BCUT2D eigenvalue weighted by Crippen LogP contribution is 2.25. The van der Waals surface area contributed by atoms with Gasteiger partial charge in [0, 0.05) is 24.8 Å². The first-order valence-corrected chi connectivity index (χ1v) is 6.49. The molecule has 2 heterocycles. The monoisotopic (exact) mass is 237 g/mol. The normalized spacial score (nSPS) is 25.9. The van der Waals surface area contributed by atoms with Gasteiger partial charge in [-0.05, 0) is 32.7 Å². The summed E-state index contributed by atoms with van der Waals surface area (Å²) in [7, 11) is 0. The number of nitrogens with zero attached hydrogens (tertiary/aromatic N) is 3. The lowest BCUT2D eigenvalue weighted by atomic mass is 10.0. The van der Waals surface area contributed by atoms with Crippen molar-refractivity contribution in [2.45, 2.75) is 45.8 Å². The van der Waals surface area contributed by atoms with Crippen LogP contribution in [0.5, 0.6) is 0 Å².